The van der Waals surface area contributed by atoms with Gasteiger partial charge in [-0.2, -0.15) is 13.2 Å². The van der Waals surface area contributed by atoms with Crippen LogP contribution in [0.1, 0.15) is 36.8 Å². The first-order valence-electron chi connectivity index (χ1n) is 14.9. The first-order valence-corrected chi connectivity index (χ1v) is 14.9. The van der Waals surface area contributed by atoms with Gasteiger partial charge in [0, 0.05) is 36.1 Å². The molecule has 1 aromatic heterocycles. The summed E-state index contributed by atoms with van der Waals surface area (Å²) in [5.41, 5.74) is 3.35. The van der Waals surface area contributed by atoms with Gasteiger partial charge in [-0.15, -0.1) is 0 Å². The number of aromatic nitrogens is 1. The molecule has 0 radical (unpaired) electrons. The van der Waals surface area contributed by atoms with Gasteiger partial charge >= 0.3 is 12.3 Å². The third-order valence-corrected chi connectivity index (χ3v) is 8.46. The number of anilines is 1. The molecule has 43 heavy (non-hydrogen) atoms. The van der Waals surface area contributed by atoms with E-state index >= 15 is 0 Å². The zero-order valence-electron chi connectivity index (χ0n) is 23.9. The lowest BCUT2D eigenvalue weighted by atomic mass is 9.86. The summed E-state index contributed by atoms with van der Waals surface area (Å²) in [5.74, 6) is 1.00. The highest BCUT2D eigenvalue weighted by molar-refractivity contribution is 5.82. The average Bonchev–Trinajstić information content (AvgIpc) is 3.12. The van der Waals surface area contributed by atoms with Crippen LogP contribution in [0, 0.1) is 0 Å². The molecule has 4 aromatic rings. The Morgan fingerprint density at radius 1 is 0.837 bits per heavy atom. The first-order chi connectivity index (χ1) is 20.8. The van der Waals surface area contributed by atoms with Gasteiger partial charge in [-0.1, -0.05) is 66.7 Å². The van der Waals surface area contributed by atoms with Crippen molar-refractivity contribution in [1.29, 1.82) is 0 Å². The van der Waals surface area contributed by atoms with Gasteiger partial charge < -0.3 is 19.9 Å². The van der Waals surface area contributed by atoms with Crippen LogP contribution in [0.15, 0.2) is 84.9 Å². The van der Waals surface area contributed by atoms with Crippen LogP contribution in [0.3, 0.4) is 0 Å². The molecule has 0 spiro atoms. The zero-order chi connectivity index (χ0) is 29.9. The van der Waals surface area contributed by atoms with Gasteiger partial charge in [0.05, 0.1) is 5.52 Å². The Hall–Kier alpha value is -4.11. The molecule has 1 amide bonds. The summed E-state index contributed by atoms with van der Waals surface area (Å²) in [6.45, 7) is 3.18. The number of benzene rings is 3. The lowest BCUT2D eigenvalue weighted by Crippen LogP contribution is -2.40. The largest absolute Gasteiger partial charge is 0.433 e. The highest BCUT2D eigenvalue weighted by atomic mass is 19.4. The Labute approximate surface area is 249 Å². The molecule has 2 heterocycles. The van der Waals surface area contributed by atoms with Crippen molar-refractivity contribution >= 4 is 22.8 Å². The van der Waals surface area contributed by atoms with Crippen LogP contribution < -0.4 is 10.2 Å². The fourth-order valence-electron chi connectivity index (χ4n) is 6.45. The van der Waals surface area contributed by atoms with Crippen molar-refractivity contribution in [2.24, 2.45) is 0 Å². The van der Waals surface area contributed by atoms with Crippen molar-refractivity contribution in [3.63, 3.8) is 0 Å². The minimum atomic E-state index is -4.52. The van der Waals surface area contributed by atoms with E-state index in [4.69, 9.17) is 9.72 Å². The fraction of sp³-hybridized carbons (Fsp3) is 0.353. The van der Waals surface area contributed by atoms with Gasteiger partial charge in [-0.25, -0.2) is 9.78 Å². The molecule has 0 atom stereocenters. The number of hydrogen-bond acceptors (Lipinski definition) is 5. The Kier molecular flexibility index (Phi) is 8.25. The van der Waals surface area contributed by atoms with Crippen molar-refractivity contribution in [3.05, 3.63) is 96.1 Å². The van der Waals surface area contributed by atoms with Gasteiger partial charge in [-0.3, -0.25) is 0 Å². The monoisotopic (exact) mass is 588 g/mol. The number of pyridine rings is 1. The van der Waals surface area contributed by atoms with E-state index in [1.165, 1.54) is 0 Å². The Morgan fingerprint density at radius 3 is 2.28 bits per heavy atom. The highest BCUT2D eigenvalue weighted by Gasteiger charge is 2.46. The molecular weight excluding hydrogens is 553 g/mol. The number of hydrogen-bond donors (Lipinski definition) is 1. The third kappa shape index (κ3) is 6.32. The van der Waals surface area contributed by atoms with E-state index in [-0.39, 0.29) is 0 Å². The van der Waals surface area contributed by atoms with Gasteiger partial charge in [0.15, 0.2) is 5.60 Å². The molecule has 1 saturated heterocycles. The maximum atomic E-state index is 12.9. The van der Waals surface area contributed by atoms with Crippen LogP contribution in [0.5, 0.6) is 0 Å². The van der Waals surface area contributed by atoms with Gasteiger partial charge in [-0.05, 0) is 68.1 Å². The van der Waals surface area contributed by atoms with E-state index in [2.05, 4.69) is 28.0 Å². The molecule has 1 aliphatic carbocycles. The molecule has 2 aliphatic rings. The predicted molar refractivity (Wildman–Crippen MR) is 162 cm³/mol. The van der Waals surface area contributed by atoms with Crippen molar-refractivity contribution in [3.8, 4) is 11.1 Å². The number of rotatable bonds is 8. The number of halogens is 3. The summed E-state index contributed by atoms with van der Waals surface area (Å²) in [5, 5.41) is 3.04. The molecule has 3 aromatic carbocycles. The number of unbranched alkanes of at least 4 members (excludes halogenated alkanes) is 1. The fourth-order valence-corrected chi connectivity index (χ4v) is 6.45. The molecule has 0 bridgehead atoms. The van der Waals surface area contributed by atoms with Crippen LogP contribution in [0.4, 0.5) is 23.8 Å². The molecule has 224 valence electrons. The Morgan fingerprint density at radius 2 is 1.53 bits per heavy atom. The quantitative estimate of drug-likeness (QED) is 0.222. The Balaban J connectivity index is 1.12. The molecule has 1 N–H and O–H groups in total. The lowest BCUT2D eigenvalue weighted by molar-refractivity contribution is -0.124. The van der Waals surface area contributed by atoms with Crippen LogP contribution in [0.25, 0.3) is 22.0 Å². The van der Waals surface area contributed by atoms with E-state index in [0.717, 1.165) is 91.0 Å². The zero-order valence-corrected chi connectivity index (χ0v) is 23.9. The number of ether oxygens (including phenoxy) is 1. The van der Waals surface area contributed by atoms with Crippen LogP contribution >= 0.6 is 0 Å². The summed E-state index contributed by atoms with van der Waals surface area (Å²) in [6.07, 6.45) is -2.48. The van der Waals surface area contributed by atoms with E-state index in [1.807, 2.05) is 72.0 Å². The van der Waals surface area contributed by atoms with Crippen LogP contribution in [0.2, 0.25) is 0 Å². The SMILES string of the molecule is O=C(NCC(F)(F)F)OC1(CCCCN2CCCN(c3ccc4ccccc4n3)CC2)c2ccccc2-c2ccccc21. The topological polar surface area (TPSA) is 57.7 Å². The van der Waals surface area contributed by atoms with E-state index < -0.39 is 24.4 Å². The predicted octanol–water partition coefficient (Wildman–Crippen LogP) is 7.13. The van der Waals surface area contributed by atoms with E-state index in [9.17, 15) is 18.0 Å². The molecule has 0 unspecified atom stereocenters. The van der Waals surface area contributed by atoms with Crippen molar-refractivity contribution in [2.75, 3.05) is 44.2 Å². The summed E-state index contributed by atoms with van der Waals surface area (Å²) in [6, 6.07) is 27.7. The molecule has 1 fully saturated rings. The molecule has 9 heteroatoms. The number of alkyl halides is 3. The second-order valence-electron chi connectivity index (χ2n) is 11.3. The Bertz CT molecular complexity index is 1550. The number of alkyl carbamates (subject to hydrolysis) is 1. The first kappa shape index (κ1) is 29.0. The number of amides is 1. The van der Waals surface area contributed by atoms with Crippen molar-refractivity contribution < 1.29 is 22.7 Å². The van der Waals surface area contributed by atoms with Gasteiger partial charge in [0.1, 0.15) is 12.4 Å². The van der Waals surface area contributed by atoms with Gasteiger partial charge in [0.2, 0.25) is 0 Å². The number of nitrogens with zero attached hydrogens (tertiary/aromatic N) is 3. The minimum absolute atomic E-state index is 0.474. The normalized spacial score (nSPS) is 16.4. The maximum Gasteiger partial charge on any atom is 0.408 e. The number of fused-ring (bicyclic) bond motifs is 4. The number of para-hydroxylation sites is 1. The molecule has 1 aliphatic heterocycles. The maximum absolute atomic E-state index is 12.9. The second-order valence-corrected chi connectivity index (χ2v) is 11.3. The summed E-state index contributed by atoms with van der Waals surface area (Å²) in [4.78, 5) is 22.4. The van der Waals surface area contributed by atoms with Crippen LogP contribution in [-0.2, 0) is 10.3 Å². The summed E-state index contributed by atoms with van der Waals surface area (Å²) < 4.78 is 44.6. The number of carbonyl (C=O) groups is 1. The van der Waals surface area contributed by atoms with E-state index in [1.54, 1.807) is 0 Å². The van der Waals surface area contributed by atoms with Crippen molar-refractivity contribution in [1.82, 2.24) is 15.2 Å². The van der Waals surface area contributed by atoms with Crippen LogP contribution in [-0.4, -0.2) is 61.4 Å². The second kappa shape index (κ2) is 12.2. The van der Waals surface area contributed by atoms with Gasteiger partial charge in [0.25, 0.3) is 0 Å². The third-order valence-electron chi connectivity index (χ3n) is 8.46. The average molecular weight is 589 g/mol. The molecular formula is C34H35F3N4O2. The molecule has 6 rings (SSSR count). The minimum Gasteiger partial charge on any atom is -0.433 e. The molecule has 0 saturated carbocycles. The number of carbonyl (C=O) groups excluding carboxylic acids is 1. The summed E-state index contributed by atoms with van der Waals surface area (Å²) in [7, 11) is 0. The molecule has 6 nitrogen and oxygen atoms in total. The number of nitrogens with one attached hydrogen (secondary N) is 1. The van der Waals surface area contributed by atoms with Crippen molar-refractivity contribution in [2.45, 2.75) is 37.5 Å². The highest BCUT2D eigenvalue weighted by Crippen LogP contribution is 2.52. The summed E-state index contributed by atoms with van der Waals surface area (Å²) >= 11 is 0. The lowest BCUT2D eigenvalue weighted by Gasteiger charge is -2.32. The smallest absolute Gasteiger partial charge is 0.408 e. The van der Waals surface area contributed by atoms with E-state index in [0.29, 0.717) is 6.42 Å². The standard InChI is InChI=1S/C34H35F3N4O2/c35-34(36,37)24-38-32(42)43-33(28-13-4-2-11-26(28)27-12-3-5-14-29(27)33)18-7-8-19-40-20-9-21-41(23-22-40)31-17-16-25-10-1-6-15-30(25)39-31/h1-6,10-17H,7-9,18-24H2,(H,38,42).